The molecule has 3 rings (SSSR count). The number of aryl methyl sites for hydroxylation is 1. The highest BCUT2D eigenvalue weighted by Gasteiger charge is 2.24. The molecule has 0 aliphatic heterocycles. The van der Waals surface area contributed by atoms with Gasteiger partial charge in [-0.3, -0.25) is 4.79 Å². The third kappa shape index (κ3) is 3.77. The van der Waals surface area contributed by atoms with Crippen LogP contribution in [-0.4, -0.2) is 36.1 Å². The summed E-state index contributed by atoms with van der Waals surface area (Å²) >= 11 is 1.39. The predicted molar refractivity (Wildman–Crippen MR) is 98.3 cm³/mol. The van der Waals surface area contributed by atoms with E-state index in [1.807, 2.05) is 6.92 Å². The number of hydrogen-bond acceptors (Lipinski definition) is 6. The van der Waals surface area contributed by atoms with Gasteiger partial charge in [0, 0.05) is 13.2 Å². The summed E-state index contributed by atoms with van der Waals surface area (Å²) in [5, 5.41) is 4.01. The first-order valence-electron chi connectivity index (χ1n) is 8.67. The van der Waals surface area contributed by atoms with Crippen LogP contribution in [0.1, 0.15) is 53.7 Å². The van der Waals surface area contributed by atoms with Gasteiger partial charge in [0.2, 0.25) is 5.88 Å². The van der Waals surface area contributed by atoms with Crippen molar-refractivity contribution >= 4 is 27.5 Å². The molecule has 7 heteroatoms. The third-order valence-electron chi connectivity index (χ3n) is 4.83. The van der Waals surface area contributed by atoms with Crippen molar-refractivity contribution in [2.75, 3.05) is 14.2 Å². The number of aromatic nitrogens is 2. The normalized spacial score (nSPS) is 20.6. The maximum Gasteiger partial charge on any atom is 0.261 e. The first-order valence-corrected chi connectivity index (χ1v) is 9.49. The molecular formula is C18H25N3O3S. The molecule has 0 aromatic carbocycles. The van der Waals surface area contributed by atoms with Gasteiger partial charge in [-0.1, -0.05) is 6.92 Å². The molecule has 1 saturated carbocycles. The van der Waals surface area contributed by atoms with Crippen molar-refractivity contribution in [2.45, 2.75) is 52.2 Å². The monoisotopic (exact) mass is 363 g/mol. The van der Waals surface area contributed by atoms with E-state index in [2.05, 4.69) is 22.2 Å². The average Bonchev–Trinajstić information content (AvgIpc) is 2.93. The molecule has 0 radical (unpaired) electrons. The van der Waals surface area contributed by atoms with Gasteiger partial charge in [-0.2, -0.15) is 4.98 Å². The van der Waals surface area contributed by atoms with Crippen molar-refractivity contribution in [1.29, 1.82) is 0 Å². The first kappa shape index (κ1) is 18.1. The van der Waals surface area contributed by atoms with Crippen LogP contribution in [0.25, 0.3) is 10.2 Å². The molecule has 2 aromatic rings. The second kappa shape index (κ2) is 7.66. The molecule has 1 aliphatic carbocycles. The summed E-state index contributed by atoms with van der Waals surface area (Å²) in [5.74, 6) is 1.80. The number of nitrogens with zero attached hydrogens (tertiary/aromatic N) is 2. The Hall–Kier alpha value is -1.73. The third-order valence-corrected chi connectivity index (χ3v) is 6.01. The molecule has 2 aromatic heterocycles. The number of rotatable bonds is 5. The van der Waals surface area contributed by atoms with Crippen LogP contribution in [0.4, 0.5) is 0 Å². The van der Waals surface area contributed by atoms with Gasteiger partial charge in [0.15, 0.2) is 5.82 Å². The lowest BCUT2D eigenvalue weighted by Gasteiger charge is -2.26. The lowest BCUT2D eigenvalue weighted by molar-refractivity contribution is 0.0926. The van der Waals surface area contributed by atoms with Gasteiger partial charge in [-0.05, 0) is 44.1 Å². The van der Waals surface area contributed by atoms with E-state index in [9.17, 15) is 4.79 Å². The van der Waals surface area contributed by atoms with E-state index < -0.39 is 0 Å². The van der Waals surface area contributed by atoms with Gasteiger partial charge in [0.05, 0.1) is 17.4 Å². The Morgan fingerprint density at radius 2 is 1.96 bits per heavy atom. The van der Waals surface area contributed by atoms with E-state index in [4.69, 9.17) is 9.47 Å². The predicted octanol–water partition coefficient (Wildman–Crippen LogP) is 3.46. The summed E-state index contributed by atoms with van der Waals surface area (Å²) in [4.78, 5) is 23.1. The zero-order chi connectivity index (χ0) is 18.0. The highest BCUT2D eigenvalue weighted by Crippen LogP contribution is 2.35. The van der Waals surface area contributed by atoms with E-state index in [-0.39, 0.29) is 11.9 Å². The van der Waals surface area contributed by atoms with Gasteiger partial charge in [-0.25, -0.2) is 4.98 Å². The van der Waals surface area contributed by atoms with Gasteiger partial charge in [0.1, 0.15) is 11.4 Å². The van der Waals surface area contributed by atoms with Crippen LogP contribution in [0.15, 0.2) is 0 Å². The lowest BCUT2D eigenvalue weighted by Crippen LogP contribution is -2.37. The number of thiophene rings is 1. The van der Waals surface area contributed by atoms with Gasteiger partial charge in [-0.15, -0.1) is 11.3 Å². The van der Waals surface area contributed by atoms with E-state index in [1.54, 1.807) is 14.2 Å². The molecular weight excluding hydrogens is 338 g/mol. The zero-order valence-electron chi connectivity index (χ0n) is 15.2. The van der Waals surface area contributed by atoms with Crippen LogP contribution in [0, 0.1) is 12.8 Å². The fourth-order valence-corrected chi connectivity index (χ4v) is 4.45. The van der Waals surface area contributed by atoms with Crippen LogP contribution in [-0.2, 0) is 11.3 Å². The van der Waals surface area contributed by atoms with E-state index >= 15 is 0 Å². The highest BCUT2D eigenvalue weighted by atomic mass is 32.1. The molecule has 1 aliphatic rings. The summed E-state index contributed by atoms with van der Waals surface area (Å²) in [6.45, 7) is 4.51. The minimum Gasteiger partial charge on any atom is -0.480 e. The Morgan fingerprint density at radius 1 is 1.24 bits per heavy atom. The molecule has 136 valence electrons. The zero-order valence-corrected chi connectivity index (χ0v) is 16.0. The highest BCUT2D eigenvalue weighted by molar-refractivity contribution is 7.20. The fourth-order valence-electron chi connectivity index (χ4n) is 3.36. The Bertz CT molecular complexity index is 767. The van der Waals surface area contributed by atoms with Crippen molar-refractivity contribution in [2.24, 2.45) is 5.92 Å². The van der Waals surface area contributed by atoms with Gasteiger partial charge >= 0.3 is 0 Å². The van der Waals surface area contributed by atoms with Crippen LogP contribution >= 0.6 is 11.3 Å². The van der Waals surface area contributed by atoms with Crippen molar-refractivity contribution in [1.82, 2.24) is 15.3 Å². The molecule has 0 atom stereocenters. The average molecular weight is 363 g/mol. The maximum atomic E-state index is 12.8. The smallest absolute Gasteiger partial charge is 0.261 e. The second-order valence-corrected chi connectivity index (χ2v) is 7.75. The van der Waals surface area contributed by atoms with Crippen molar-refractivity contribution in [3.63, 3.8) is 0 Å². The van der Waals surface area contributed by atoms with Crippen molar-refractivity contribution in [3.05, 3.63) is 16.3 Å². The number of fused-ring (bicyclic) bond motifs is 1. The number of nitrogens with one attached hydrogen (secondary N) is 1. The number of carbonyl (C=O) groups is 1. The Kier molecular flexibility index (Phi) is 5.54. The molecule has 0 unspecified atom stereocenters. The topological polar surface area (TPSA) is 73.3 Å². The molecule has 1 fully saturated rings. The SMILES string of the molecule is COCc1nc(OC)c2c(C)c(C(=O)NC3CCC(C)CC3)sc2n1. The van der Waals surface area contributed by atoms with E-state index in [0.717, 1.165) is 34.5 Å². The second-order valence-electron chi connectivity index (χ2n) is 6.75. The summed E-state index contributed by atoms with van der Waals surface area (Å²) in [7, 11) is 3.18. The number of ether oxygens (including phenoxy) is 2. The lowest BCUT2D eigenvalue weighted by atomic mass is 9.87. The Labute approximate surface area is 152 Å². The van der Waals surface area contributed by atoms with Crippen LogP contribution in [0.5, 0.6) is 5.88 Å². The maximum absolute atomic E-state index is 12.8. The number of hydrogen-bond donors (Lipinski definition) is 1. The molecule has 2 heterocycles. The van der Waals surface area contributed by atoms with E-state index in [0.29, 0.717) is 23.2 Å². The Morgan fingerprint density at radius 3 is 2.60 bits per heavy atom. The van der Waals surface area contributed by atoms with Crippen LogP contribution in [0.2, 0.25) is 0 Å². The van der Waals surface area contributed by atoms with Gasteiger partial charge < -0.3 is 14.8 Å². The Balaban J connectivity index is 1.88. The summed E-state index contributed by atoms with van der Waals surface area (Å²) in [6, 6.07) is 0.269. The summed E-state index contributed by atoms with van der Waals surface area (Å²) in [6.07, 6.45) is 4.46. The molecule has 0 spiro atoms. The number of amides is 1. The minimum atomic E-state index is -0.0182. The number of methoxy groups -OCH3 is 2. The number of carbonyl (C=O) groups excluding carboxylic acids is 1. The molecule has 6 nitrogen and oxygen atoms in total. The largest absolute Gasteiger partial charge is 0.480 e. The summed E-state index contributed by atoms with van der Waals surface area (Å²) < 4.78 is 10.5. The van der Waals surface area contributed by atoms with E-state index in [1.165, 1.54) is 24.2 Å². The van der Waals surface area contributed by atoms with Crippen molar-refractivity contribution in [3.8, 4) is 5.88 Å². The quantitative estimate of drug-likeness (QED) is 0.881. The molecule has 1 N–H and O–H groups in total. The fraction of sp³-hybridized carbons (Fsp3) is 0.611. The molecule has 0 saturated heterocycles. The molecule has 1 amide bonds. The molecule has 0 bridgehead atoms. The van der Waals surface area contributed by atoms with Crippen LogP contribution < -0.4 is 10.1 Å². The standard InChI is InChI=1S/C18H25N3O3S/c1-10-5-7-12(8-6-10)19-16(22)15-11(2)14-17(24-4)20-13(9-23-3)21-18(14)25-15/h10,12H,5-9H2,1-4H3,(H,19,22). The van der Waals surface area contributed by atoms with Crippen molar-refractivity contribution < 1.29 is 14.3 Å². The van der Waals surface area contributed by atoms with Gasteiger partial charge in [0.25, 0.3) is 5.91 Å². The molecule has 25 heavy (non-hydrogen) atoms. The first-order chi connectivity index (χ1) is 12.0. The summed E-state index contributed by atoms with van der Waals surface area (Å²) in [5.41, 5.74) is 0.877. The van der Waals surface area contributed by atoms with Crippen LogP contribution in [0.3, 0.4) is 0 Å². The minimum absolute atomic E-state index is 0.0182.